The second-order valence-electron chi connectivity index (χ2n) is 7.85. The smallest absolute Gasteiger partial charge is 0.409 e. The SMILES string of the molecule is CCOC(=O)N1CCC(NC(=NC)NCC(C(CC)CC)N2CCOCC2)CC1.I. The maximum absolute atomic E-state index is 11.9. The molecule has 0 aromatic rings. The van der Waals surface area contributed by atoms with Gasteiger partial charge in [0.2, 0.25) is 0 Å². The first-order chi connectivity index (χ1) is 14.1. The van der Waals surface area contributed by atoms with Crippen molar-refractivity contribution in [2.75, 3.05) is 59.6 Å². The molecule has 2 heterocycles. The number of aliphatic imine (C=N–C) groups is 1. The standard InChI is InChI=1S/C21H41N5O3.HI/c1-5-17(6-2)19(25-12-14-28-15-13-25)16-23-20(22-4)24-18-8-10-26(11-9-18)21(27)29-7-3;/h17-19H,5-16H2,1-4H3,(H2,22,23,24);1H. The Morgan fingerprint density at radius 1 is 1.13 bits per heavy atom. The van der Waals surface area contributed by atoms with Crippen LogP contribution in [0.2, 0.25) is 0 Å². The highest BCUT2D eigenvalue weighted by Gasteiger charge is 2.28. The number of hydrogen-bond donors (Lipinski definition) is 2. The van der Waals surface area contributed by atoms with Crippen molar-refractivity contribution in [3.63, 3.8) is 0 Å². The Morgan fingerprint density at radius 3 is 2.30 bits per heavy atom. The molecule has 8 nitrogen and oxygen atoms in total. The van der Waals surface area contributed by atoms with Crippen molar-refractivity contribution in [3.8, 4) is 0 Å². The maximum Gasteiger partial charge on any atom is 0.409 e. The number of carbonyl (C=O) groups is 1. The number of carbonyl (C=O) groups excluding carboxylic acids is 1. The molecule has 176 valence electrons. The van der Waals surface area contributed by atoms with Gasteiger partial charge in [-0.25, -0.2) is 4.79 Å². The zero-order valence-corrected chi connectivity index (χ0v) is 21.5. The van der Waals surface area contributed by atoms with Crippen LogP contribution < -0.4 is 10.6 Å². The van der Waals surface area contributed by atoms with Crippen LogP contribution >= 0.6 is 24.0 Å². The minimum Gasteiger partial charge on any atom is -0.450 e. The molecule has 2 saturated heterocycles. The maximum atomic E-state index is 11.9. The Balaban J connectivity index is 0.00000450. The lowest BCUT2D eigenvalue weighted by molar-refractivity contribution is 0.00270. The summed E-state index contributed by atoms with van der Waals surface area (Å²) in [7, 11) is 1.82. The average molecular weight is 540 g/mol. The Morgan fingerprint density at radius 2 is 1.77 bits per heavy atom. The van der Waals surface area contributed by atoms with Crippen LogP contribution in [0.25, 0.3) is 0 Å². The molecule has 0 aromatic carbocycles. The van der Waals surface area contributed by atoms with Gasteiger partial charge in [0.1, 0.15) is 0 Å². The molecular formula is C21H42IN5O3. The summed E-state index contributed by atoms with van der Waals surface area (Å²) in [5.74, 6) is 1.51. The van der Waals surface area contributed by atoms with E-state index in [4.69, 9.17) is 9.47 Å². The van der Waals surface area contributed by atoms with Gasteiger partial charge in [0, 0.05) is 51.9 Å². The monoisotopic (exact) mass is 539 g/mol. The number of guanidine groups is 1. The highest BCUT2D eigenvalue weighted by Crippen LogP contribution is 2.19. The van der Waals surface area contributed by atoms with Crippen LogP contribution in [0.1, 0.15) is 46.5 Å². The van der Waals surface area contributed by atoms with Crippen LogP contribution in [0, 0.1) is 5.92 Å². The Kier molecular flexibility index (Phi) is 13.7. The van der Waals surface area contributed by atoms with Gasteiger partial charge in [-0.3, -0.25) is 9.89 Å². The minimum absolute atomic E-state index is 0. The van der Waals surface area contributed by atoms with Crippen molar-refractivity contribution in [1.29, 1.82) is 0 Å². The van der Waals surface area contributed by atoms with Crippen LogP contribution in [0.5, 0.6) is 0 Å². The number of likely N-dealkylation sites (tertiary alicyclic amines) is 1. The van der Waals surface area contributed by atoms with Crippen LogP contribution in [-0.2, 0) is 9.47 Å². The molecule has 0 aromatic heterocycles. The lowest BCUT2D eigenvalue weighted by atomic mass is 9.92. The quantitative estimate of drug-likeness (QED) is 0.281. The second kappa shape index (κ2) is 15.1. The molecule has 0 aliphatic carbocycles. The molecule has 1 amide bonds. The molecule has 2 N–H and O–H groups in total. The fourth-order valence-corrected chi connectivity index (χ4v) is 4.35. The Hall–Kier alpha value is -0.810. The van der Waals surface area contributed by atoms with E-state index in [1.165, 1.54) is 12.8 Å². The van der Waals surface area contributed by atoms with Gasteiger partial charge in [-0.05, 0) is 25.7 Å². The lowest BCUT2D eigenvalue weighted by Crippen LogP contribution is -2.55. The Bertz CT molecular complexity index is 505. The van der Waals surface area contributed by atoms with Gasteiger partial charge in [0.15, 0.2) is 5.96 Å². The van der Waals surface area contributed by atoms with Crippen molar-refractivity contribution in [1.82, 2.24) is 20.4 Å². The number of halogens is 1. The Labute approximate surface area is 199 Å². The first-order valence-corrected chi connectivity index (χ1v) is 11.3. The van der Waals surface area contributed by atoms with Gasteiger partial charge in [-0.15, -0.1) is 24.0 Å². The predicted molar refractivity (Wildman–Crippen MR) is 132 cm³/mol. The number of piperidine rings is 1. The fourth-order valence-electron chi connectivity index (χ4n) is 4.35. The third-order valence-electron chi connectivity index (χ3n) is 6.17. The zero-order valence-electron chi connectivity index (χ0n) is 19.2. The summed E-state index contributed by atoms with van der Waals surface area (Å²) in [5, 5.41) is 7.12. The average Bonchev–Trinajstić information content (AvgIpc) is 2.77. The molecule has 0 radical (unpaired) electrons. The van der Waals surface area contributed by atoms with Crippen molar-refractivity contribution in [2.45, 2.75) is 58.5 Å². The molecule has 2 rings (SSSR count). The summed E-state index contributed by atoms with van der Waals surface area (Å²) >= 11 is 0. The largest absolute Gasteiger partial charge is 0.450 e. The molecule has 1 atom stereocenters. The van der Waals surface area contributed by atoms with E-state index in [0.29, 0.717) is 24.6 Å². The summed E-state index contributed by atoms with van der Waals surface area (Å²) in [5.41, 5.74) is 0. The number of amides is 1. The summed E-state index contributed by atoms with van der Waals surface area (Å²) in [6.45, 7) is 12.8. The van der Waals surface area contributed by atoms with Gasteiger partial charge in [-0.2, -0.15) is 0 Å². The molecule has 1 unspecified atom stereocenters. The van der Waals surface area contributed by atoms with Gasteiger partial charge < -0.3 is 25.0 Å². The van der Waals surface area contributed by atoms with Crippen molar-refractivity contribution in [3.05, 3.63) is 0 Å². The molecule has 9 heteroatoms. The number of rotatable bonds is 8. The number of nitrogens with zero attached hydrogens (tertiary/aromatic N) is 3. The minimum atomic E-state index is -0.202. The number of hydrogen-bond acceptors (Lipinski definition) is 5. The number of morpholine rings is 1. The number of nitrogens with one attached hydrogen (secondary N) is 2. The van der Waals surface area contributed by atoms with Crippen molar-refractivity contribution < 1.29 is 14.3 Å². The molecule has 0 bridgehead atoms. The van der Waals surface area contributed by atoms with E-state index < -0.39 is 0 Å². The van der Waals surface area contributed by atoms with Crippen LogP contribution in [0.3, 0.4) is 0 Å². The van der Waals surface area contributed by atoms with Gasteiger partial charge in [-0.1, -0.05) is 26.7 Å². The highest BCUT2D eigenvalue weighted by molar-refractivity contribution is 14.0. The van der Waals surface area contributed by atoms with Gasteiger partial charge in [0.25, 0.3) is 0 Å². The summed E-state index contributed by atoms with van der Waals surface area (Å²) in [4.78, 5) is 20.7. The van der Waals surface area contributed by atoms with Crippen molar-refractivity contribution >= 4 is 36.0 Å². The van der Waals surface area contributed by atoms with E-state index in [0.717, 1.165) is 64.7 Å². The molecular weight excluding hydrogens is 497 g/mol. The van der Waals surface area contributed by atoms with E-state index in [2.05, 4.69) is 34.4 Å². The molecule has 0 saturated carbocycles. The van der Waals surface area contributed by atoms with E-state index in [-0.39, 0.29) is 30.1 Å². The molecule has 2 fully saturated rings. The second-order valence-corrected chi connectivity index (χ2v) is 7.85. The molecule has 2 aliphatic rings. The highest BCUT2D eigenvalue weighted by atomic mass is 127. The summed E-state index contributed by atoms with van der Waals surface area (Å²) in [6, 6.07) is 0.806. The first-order valence-electron chi connectivity index (χ1n) is 11.3. The lowest BCUT2D eigenvalue weighted by Gasteiger charge is -2.39. The fraction of sp³-hybridized carbons (Fsp3) is 0.905. The molecule has 30 heavy (non-hydrogen) atoms. The van der Waals surface area contributed by atoms with Crippen LogP contribution in [0.15, 0.2) is 4.99 Å². The molecule has 0 spiro atoms. The van der Waals surface area contributed by atoms with Crippen LogP contribution in [-0.4, -0.2) is 93.5 Å². The topological polar surface area (TPSA) is 78.4 Å². The van der Waals surface area contributed by atoms with E-state index in [1.807, 2.05) is 14.0 Å². The summed E-state index contributed by atoms with van der Waals surface area (Å²) in [6.07, 6.45) is 3.96. The van der Waals surface area contributed by atoms with E-state index >= 15 is 0 Å². The van der Waals surface area contributed by atoms with E-state index in [1.54, 1.807) is 4.90 Å². The first kappa shape index (κ1) is 27.2. The third kappa shape index (κ3) is 8.37. The third-order valence-corrected chi connectivity index (χ3v) is 6.17. The number of ether oxygens (including phenoxy) is 2. The van der Waals surface area contributed by atoms with Gasteiger partial charge >= 0.3 is 6.09 Å². The van der Waals surface area contributed by atoms with Crippen molar-refractivity contribution in [2.24, 2.45) is 10.9 Å². The summed E-state index contributed by atoms with van der Waals surface area (Å²) < 4.78 is 10.7. The zero-order chi connectivity index (χ0) is 21.1. The van der Waals surface area contributed by atoms with Crippen LogP contribution in [0.4, 0.5) is 4.79 Å². The van der Waals surface area contributed by atoms with Gasteiger partial charge in [0.05, 0.1) is 19.8 Å². The normalized spacial score (nSPS) is 19.9. The molecule has 2 aliphatic heterocycles. The predicted octanol–water partition coefficient (Wildman–Crippen LogP) is 2.53. The van der Waals surface area contributed by atoms with E-state index in [9.17, 15) is 4.79 Å².